The highest BCUT2D eigenvalue weighted by Gasteiger charge is 2.26. The van der Waals surface area contributed by atoms with Gasteiger partial charge in [0, 0.05) is 18.8 Å². The minimum atomic E-state index is -0.733. The molecule has 0 saturated carbocycles. The van der Waals surface area contributed by atoms with Crippen LogP contribution in [0.2, 0.25) is 0 Å². The van der Waals surface area contributed by atoms with Crippen LogP contribution in [-0.4, -0.2) is 28.1 Å². The van der Waals surface area contributed by atoms with Gasteiger partial charge in [0.2, 0.25) is 0 Å². The summed E-state index contributed by atoms with van der Waals surface area (Å²) in [5, 5.41) is 18.7. The molecule has 2 atom stereocenters. The third-order valence-electron chi connectivity index (χ3n) is 4.94. The maximum absolute atomic E-state index is 12.1. The summed E-state index contributed by atoms with van der Waals surface area (Å²) in [4.78, 5) is 22.5. The maximum Gasteiger partial charge on any atom is 0.303 e. The van der Waals surface area contributed by atoms with E-state index in [4.69, 9.17) is 5.11 Å². The fraction of sp³-hybridized carbons (Fsp3) is 0.800. The van der Waals surface area contributed by atoms with E-state index in [0.29, 0.717) is 12.2 Å². The topological polar surface area (TPSA) is 74.6 Å². The number of carboxylic acids is 1. The van der Waals surface area contributed by atoms with Crippen LogP contribution in [0.15, 0.2) is 11.6 Å². The molecule has 2 N–H and O–H groups in total. The molecular formula is C20H34O4. The lowest BCUT2D eigenvalue weighted by Gasteiger charge is -2.16. The largest absolute Gasteiger partial charge is 0.481 e. The number of carbonyl (C=O) groups is 2. The average Bonchev–Trinajstić information content (AvgIpc) is 2.89. The number of Topliss-reactive ketones (excluding diaryl/α,β-unsaturated/α-hetero) is 1. The molecule has 0 bridgehead atoms. The van der Waals surface area contributed by atoms with Gasteiger partial charge in [-0.1, -0.05) is 57.1 Å². The molecule has 0 unspecified atom stereocenters. The molecule has 0 aliphatic heterocycles. The lowest BCUT2D eigenvalue weighted by atomic mass is 9.90. The zero-order chi connectivity index (χ0) is 17.8. The van der Waals surface area contributed by atoms with Crippen molar-refractivity contribution in [3.63, 3.8) is 0 Å². The first-order valence-corrected chi connectivity index (χ1v) is 9.66. The minimum absolute atomic E-state index is 0.0484. The fourth-order valence-corrected chi connectivity index (χ4v) is 3.43. The van der Waals surface area contributed by atoms with Crippen LogP contribution >= 0.6 is 0 Å². The van der Waals surface area contributed by atoms with Crippen molar-refractivity contribution < 1.29 is 19.8 Å². The van der Waals surface area contributed by atoms with E-state index in [-0.39, 0.29) is 18.4 Å². The quantitative estimate of drug-likeness (QED) is 0.357. The number of carboxylic acid groups (broad SMARTS) is 1. The van der Waals surface area contributed by atoms with Gasteiger partial charge in [0.15, 0.2) is 0 Å². The summed E-state index contributed by atoms with van der Waals surface area (Å²) < 4.78 is 0. The predicted molar refractivity (Wildman–Crippen MR) is 95.9 cm³/mol. The van der Waals surface area contributed by atoms with E-state index < -0.39 is 5.97 Å². The normalized spacial score (nSPS) is 18.7. The molecule has 1 aliphatic carbocycles. The second kappa shape index (κ2) is 12.2. The molecular weight excluding hydrogens is 304 g/mol. The zero-order valence-electron chi connectivity index (χ0n) is 15.1. The third-order valence-corrected chi connectivity index (χ3v) is 4.94. The molecule has 0 aromatic rings. The van der Waals surface area contributed by atoms with Gasteiger partial charge in [-0.15, -0.1) is 0 Å². The number of hydrogen-bond acceptors (Lipinski definition) is 3. The summed E-state index contributed by atoms with van der Waals surface area (Å²) in [6.07, 6.45) is 13.0. The van der Waals surface area contributed by atoms with Gasteiger partial charge >= 0.3 is 5.97 Å². The molecule has 24 heavy (non-hydrogen) atoms. The van der Waals surface area contributed by atoms with E-state index in [1.54, 1.807) is 0 Å². The van der Waals surface area contributed by atoms with Gasteiger partial charge in [-0.3, -0.25) is 9.59 Å². The van der Waals surface area contributed by atoms with Crippen LogP contribution in [0.3, 0.4) is 0 Å². The number of hydrogen-bond donors (Lipinski definition) is 2. The van der Waals surface area contributed by atoms with E-state index in [2.05, 4.69) is 13.0 Å². The van der Waals surface area contributed by atoms with Crippen LogP contribution in [0.5, 0.6) is 0 Å². The molecule has 0 heterocycles. The number of unbranched alkanes of at least 4 members (excludes halogenated alkanes) is 5. The molecule has 0 aromatic carbocycles. The van der Waals surface area contributed by atoms with E-state index in [1.807, 2.05) is 0 Å². The van der Waals surface area contributed by atoms with Gasteiger partial charge in [-0.2, -0.15) is 0 Å². The van der Waals surface area contributed by atoms with Gasteiger partial charge in [0.1, 0.15) is 5.78 Å². The lowest BCUT2D eigenvalue weighted by Crippen LogP contribution is -2.13. The number of allylic oxidation sites excluding steroid dienone is 2. The Morgan fingerprint density at radius 3 is 2.62 bits per heavy atom. The monoisotopic (exact) mass is 338 g/mol. The number of rotatable bonds is 14. The van der Waals surface area contributed by atoms with Crippen molar-refractivity contribution in [3.8, 4) is 0 Å². The zero-order valence-corrected chi connectivity index (χ0v) is 15.1. The van der Waals surface area contributed by atoms with E-state index in [0.717, 1.165) is 57.8 Å². The van der Waals surface area contributed by atoms with Crippen LogP contribution in [0.1, 0.15) is 90.4 Å². The molecule has 1 rings (SSSR count). The van der Waals surface area contributed by atoms with Crippen molar-refractivity contribution in [2.45, 2.75) is 96.5 Å². The third kappa shape index (κ3) is 8.62. The summed E-state index contributed by atoms with van der Waals surface area (Å²) in [7, 11) is 0. The summed E-state index contributed by atoms with van der Waals surface area (Å²) in [6.45, 7) is 2.16. The second-order valence-corrected chi connectivity index (χ2v) is 7.04. The lowest BCUT2D eigenvalue weighted by molar-refractivity contribution is -0.137. The van der Waals surface area contributed by atoms with Crippen LogP contribution < -0.4 is 0 Å². The highest BCUT2D eigenvalue weighted by Crippen LogP contribution is 2.31. The van der Waals surface area contributed by atoms with Crippen molar-refractivity contribution in [1.29, 1.82) is 0 Å². The molecule has 0 aromatic heterocycles. The molecule has 0 amide bonds. The number of aliphatic carboxylic acids is 1. The van der Waals surface area contributed by atoms with Gasteiger partial charge in [0.25, 0.3) is 0 Å². The summed E-state index contributed by atoms with van der Waals surface area (Å²) >= 11 is 0. The van der Waals surface area contributed by atoms with Gasteiger partial charge < -0.3 is 10.2 Å². The fourth-order valence-electron chi connectivity index (χ4n) is 3.43. The predicted octanol–water partition coefficient (Wildman–Crippen LogP) is 4.65. The molecule has 138 valence electrons. The Morgan fingerprint density at radius 2 is 1.92 bits per heavy atom. The molecule has 1 aliphatic rings. The van der Waals surface area contributed by atoms with Crippen LogP contribution in [0.4, 0.5) is 0 Å². The Balaban J connectivity index is 2.21. The highest BCUT2D eigenvalue weighted by atomic mass is 16.4. The first-order chi connectivity index (χ1) is 11.5. The standard InChI is InChI=1S/C20H34O4/c1-2-3-6-9-17(21)14-12-16-13-15-19(22)18(16)10-7-4-5-8-11-20(23)24/h13,17-18,21H,2-12,14-15H2,1H3,(H,23,24)/t17-,18-/m1/s1. The van der Waals surface area contributed by atoms with Crippen molar-refractivity contribution in [2.75, 3.05) is 0 Å². The summed E-state index contributed by atoms with van der Waals surface area (Å²) in [5.74, 6) is -0.369. The highest BCUT2D eigenvalue weighted by molar-refractivity contribution is 5.88. The van der Waals surface area contributed by atoms with Crippen molar-refractivity contribution >= 4 is 11.8 Å². The molecule has 0 radical (unpaired) electrons. The number of aliphatic hydroxyl groups is 1. The molecule has 4 nitrogen and oxygen atoms in total. The Morgan fingerprint density at radius 1 is 1.17 bits per heavy atom. The van der Waals surface area contributed by atoms with Crippen LogP contribution in [0.25, 0.3) is 0 Å². The maximum atomic E-state index is 12.1. The van der Waals surface area contributed by atoms with Gasteiger partial charge in [-0.25, -0.2) is 0 Å². The second-order valence-electron chi connectivity index (χ2n) is 7.04. The van der Waals surface area contributed by atoms with E-state index in [1.165, 1.54) is 18.4 Å². The van der Waals surface area contributed by atoms with Crippen molar-refractivity contribution in [3.05, 3.63) is 11.6 Å². The summed E-state index contributed by atoms with van der Waals surface area (Å²) in [6, 6.07) is 0. The first-order valence-electron chi connectivity index (χ1n) is 9.66. The SMILES string of the molecule is CCCCC[C@@H](O)CCC1=CCC(=O)[C@@H]1CCCCCCC(=O)O. The van der Waals surface area contributed by atoms with Gasteiger partial charge in [0.05, 0.1) is 6.10 Å². The molecule has 0 fully saturated rings. The molecule has 4 heteroatoms. The number of aliphatic hydroxyl groups excluding tert-OH is 1. The van der Waals surface area contributed by atoms with Crippen LogP contribution in [-0.2, 0) is 9.59 Å². The first kappa shape index (κ1) is 20.9. The Labute approximate surface area is 146 Å². The average molecular weight is 338 g/mol. The summed E-state index contributed by atoms with van der Waals surface area (Å²) in [5.41, 5.74) is 1.22. The Hall–Kier alpha value is -1.16. The van der Waals surface area contributed by atoms with E-state index >= 15 is 0 Å². The van der Waals surface area contributed by atoms with Crippen molar-refractivity contribution in [1.82, 2.24) is 0 Å². The smallest absolute Gasteiger partial charge is 0.303 e. The Bertz CT molecular complexity index is 414. The number of carbonyl (C=O) groups excluding carboxylic acids is 1. The van der Waals surface area contributed by atoms with Gasteiger partial charge in [-0.05, 0) is 32.1 Å². The molecule has 0 saturated heterocycles. The number of ketones is 1. The van der Waals surface area contributed by atoms with Crippen molar-refractivity contribution in [2.24, 2.45) is 5.92 Å². The van der Waals surface area contributed by atoms with E-state index in [9.17, 15) is 14.7 Å². The minimum Gasteiger partial charge on any atom is -0.481 e. The van der Waals surface area contributed by atoms with Crippen LogP contribution in [0, 0.1) is 5.92 Å². The molecule has 0 spiro atoms. The Kier molecular flexibility index (Phi) is 10.6.